The van der Waals surface area contributed by atoms with Crippen molar-refractivity contribution in [2.24, 2.45) is 0 Å². The van der Waals surface area contributed by atoms with Crippen molar-refractivity contribution in [1.82, 2.24) is 9.13 Å². The van der Waals surface area contributed by atoms with Gasteiger partial charge in [-0.1, -0.05) is 121 Å². The highest BCUT2D eigenvalue weighted by atomic mass is 15.2. The third kappa shape index (κ3) is 5.17. The van der Waals surface area contributed by atoms with E-state index in [9.17, 15) is 0 Å². The second-order valence-corrected chi connectivity index (χ2v) is 16.3. The summed E-state index contributed by atoms with van der Waals surface area (Å²) in [4.78, 5) is 4.89. The van der Waals surface area contributed by atoms with Gasteiger partial charge >= 0.3 is 0 Å². The molecule has 286 valence electrons. The van der Waals surface area contributed by atoms with E-state index in [1.54, 1.807) is 0 Å². The van der Waals surface area contributed by atoms with E-state index in [0.29, 0.717) is 0 Å². The quantitative estimate of drug-likeness (QED) is 0.167. The van der Waals surface area contributed by atoms with E-state index in [0.717, 1.165) is 34.9 Å². The summed E-state index contributed by atoms with van der Waals surface area (Å²) in [5.74, 6) is 0. The lowest BCUT2D eigenvalue weighted by molar-refractivity contribution is 0.551. The zero-order valence-electron chi connectivity index (χ0n) is 33.4. The normalized spacial score (nSPS) is 17.6. The summed E-state index contributed by atoms with van der Waals surface area (Å²) >= 11 is 0. The Kier molecular flexibility index (Phi) is 7.76. The van der Waals surface area contributed by atoms with Gasteiger partial charge in [-0.15, -0.1) is 0 Å². The van der Waals surface area contributed by atoms with Gasteiger partial charge < -0.3 is 18.9 Å². The summed E-state index contributed by atoms with van der Waals surface area (Å²) in [6, 6.07) is 62.5. The van der Waals surface area contributed by atoms with Crippen LogP contribution in [0.15, 0.2) is 212 Å². The zero-order chi connectivity index (χ0) is 39.8. The van der Waals surface area contributed by atoms with Crippen molar-refractivity contribution in [2.45, 2.75) is 24.8 Å². The molecule has 3 aliphatic rings. The molecule has 0 bridgehead atoms. The Morgan fingerprint density at radius 3 is 1.68 bits per heavy atom. The number of anilines is 5. The van der Waals surface area contributed by atoms with Gasteiger partial charge in [-0.3, -0.25) is 0 Å². The maximum Gasteiger partial charge on any atom is 0.0655 e. The number of nitrogens with zero attached hydrogens (tertiary/aromatic N) is 4. The SMILES string of the molecule is CC12C=CC=CC1N(c1ccc(N(c3ccc(-n4c5c(c6ccccc64)C=CC=CC5)cc3)c3ccc(-n4c5ccccc5c5ccccc54)cc3)cc1)c1ccccc12. The number of fused-ring (bicyclic) bond motifs is 9. The summed E-state index contributed by atoms with van der Waals surface area (Å²) in [6.45, 7) is 2.36. The number of hydrogen-bond acceptors (Lipinski definition) is 2. The number of hydrogen-bond donors (Lipinski definition) is 0. The number of aromatic nitrogens is 2. The Hall–Kier alpha value is -7.56. The third-order valence-electron chi connectivity index (χ3n) is 13.0. The molecule has 60 heavy (non-hydrogen) atoms. The van der Waals surface area contributed by atoms with E-state index in [4.69, 9.17) is 0 Å². The van der Waals surface area contributed by atoms with Crippen LogP contribution in [0, 0.1) is 0 Å². The van der Waals surface area contributed by atoms with E-state index in [-0.39, 0.29) is 11.5 Å². The predicted octanol–water partition coefficient (Wildman–Crippen LogP) is 14.2. The van der Waals surface area contributed by atoms with Crippen molar-refractivity contribution in [3.63, 3.8) is 0 Å². The molecule has 0 saturated carbocycles. The summed E-state index contributed by atoms with van der Waals surface area (Å²) in [6.07, 6.45) is 18.8. The fourth-order valence-corrected chi connectivity index (χ4v) is 10.2. The number of para-hydroxylation sites is 4. The first-order chi connectivity index (χ1) is 29.7. The summed E-state index contributed by atoms with van der Waals surface area (Å²) in [5.41, 5.74) is 15.5. The van der Waals surface area contributed by atoms with Crippen LogP contribution in [0.3, 0.4) is 0 Å². The Balaban J connectivity index is 0.971. The molecule has 0 fully saturated rings. The van der Waals surface area contributed by atoms with Crippen LogP contribution in [-0.4, -0.2) is 15.2 Å². The molecule has 4 nitrogen and oxygen atoms in total. The maximum atomic E-state index is 2.51. The predicted molar refractivity (Wildman–Crippen MR) is 252 cm³/mol. The van der Waals surface area contributed by atoms with Gasteiger partial charge in [-0.25, -0.2) is 0 Å². The second-order valence-electron chi connectivity index (χ2n) is 16.3. The van der Waals surface area contributed by atoms with E-state index in [2.05, 4.69) is 244 Å². The van der Waals surface area contributed by atoms with Crippen LogP contribution < -0.4 is 9.80 Å². The minimum Gasteiger partial charge on any atom is -0.333 e. The smallest absolute Gasteiger partial charge is 0.0655 e. The topological polar surface area (TPSA) is 16.3 Å². The van der Waals surface area contributed by atoms with Crippen LogP contribution in [0.25, 0.3) is 50.2 Å². The van der Waals surface area contributed by atoms with Gasteiger partial charge in [-0.2, -0.15) is 0 Å². The molecule has 2 atom stereocenters. The molecule has 1 aliphatic heterocycles. The summed E-state index contributed by atoms with van der Waals surface area (Å²) in [7, 11) is 0. The molecular weight excluding hydrogens is 729 g/mol. The third-order valence-corrected chi connectivity index (χ3v) is 13.0. The first kappa shape index (κ1) is 34.5. The fraction of sp³-hybridized carbons (Fsp3) is 0.0714. The molecule has 9 aromatic rings. The molecule has 2 aliphatic carbocycles. The van der Waals surface area contributed by atoms with Crippen molar-refractivity contribution in [3.8, 4) is 11.4 Å². The van der Waals surface area contributed by atoms with Gasteiger partial charge in [0.1, 0.15) is 0 Å². The van der Waals surface area contributed by atoms with E-state index in [1.807, 2.05) is 0 Å². The zero-order valence-corrected chi connectivity index (χ0v) is 33.4. The van der Waals surface area contributed by atoms with Gasteiger partial charge in [0.15, 0.2) is 0 Å². The average molecular weight is 771 g/mol. The van der Waals surface area contributed by atoms with Crippen LogP contribution in [0.2, 0.25) is 0 Å². The van der Waals surface area contributed by atoms with Crippen LogP contribution >= 0.6 is 0 Å². The van der Waals surface area contributed by atoms with E-state index in [1.165, 1.54) is 60.9 Å². The molecule has 4 heteroatoms. The highest BCUT2D eigenvalue weighted by Crippen LogP contribution is 2.51. The van der Waals surface area contributed by atoms with Crippen LogP contribution in [0.5, 0.6) is 0 Å². The lowest BCUT2D eigenvalue weighted by atomic mass is 9.76. The Labute approximate surface area is 350 Å². The molecule has 0 spiro atoms. The lowest BCUT2D eigenvalue weighted by Gasteiger charge is -2.35. The van der Waals surface area contributed by atoms with Crippen LogP contribution in [-0.2, 0) is 11.8 Å². The highest BCUT2D eigenvalue weighted by Gasteiger charge is 2.46. The largest absolute Gasteiger partial charge is 0.333 e. The van der Waals surface area contributed by atoms with Crippen LogP contribution in [0.1, 0.15) is 23.7 Å². The Morgan fingerprint density at radius 2 is 1.03 bits per heavy atom. The molecule has 2 unspecified atom stereocenters. The molecule has 0 saturated heterocycles. The van der Waals surface area contributed by atoms with Crippen molar-refractivity contribution < 1.29 is 0 Å². The van der Waals surface area contributed by atoms with E-state index >= 15 is 0 Å². The first-order valence-corrected chi connectivity index (χ1v) is 21.0. The molecule has 12 rings (SSSR count). The summed E-state index contributed by atoms with van der Waals surface area (Å²) in [5, 5.41) is 3.81. The molecular formula is C56H42N4. The lowest BCUT2D eigenvalue weighted by Crippen LogP contribution is -2.39. The standard InChI is InChI=1S/C56H42N4/c1-56-38-14-13-25-55(56)60(54-24-12-8-19-49(54)56)44-36-30-41(31-37-44)57(40-28-34-43(35-29-40)59-52-22-10-6-17-47(52)48-18-7-11-23-53(48)59)39-26-32-42(33-27-39)58-50-20-4-2-3-15-45(50)46-16-5-9-21-51(46)58/h2-19,21-38,55H,20H2,1H3. The van der Waals surface area contributed by atoms with Crippen molar-refractivity contribution in [3.05, 3.63) is 229 Å². The van der Waals surface area contributed by atoms with Crippen molar-refractivity contribution in [2.75, 3.05) is 9.80 Å². The first-order valence-electron chi connectivity index (χ1n) is 21.0. The molecule has 0 radical (unpaired) electrons. The number of benzene rings is 7. The number of rotatable bonds is 6. The number of allylic oxidation sites excluding steroid dienone is 5. The minimum atomic E-state index is -0.0914. The van der Waals surface area contributed by atoms with Gasteiger partial charge in [-0.05, 0) is 110 Å². The monoisotopic (exact) mass is 770 g/mol. The second kappa shape index (κ2) is 13.5. The van der Waals surface area contributed by atoms with Gasteiger partial charge in [0, 0.05) is 79.1 Å². The van der Waals surface area contributed by atoms with Crippen LogP contribution in [0.4, 0.5) is 28.4 Å². The maximum absolute atomic E-state index is 2.51. The molecule has 2 aromatic heterocycles. The van der Waals surface area contributed by atoms with E-state index < -0.39 is 0 Å². The molecule has 3 heterocycles. The highest BCUT2D eigenvalue weighted by molar-refractivity contribution is 6.09. The molecule has 7 aromatic carbocycles. The van der Waals surface area contributed by atoms with Crippen molar-refractivity contribution in [1.29, 1.82) is 0 Å². The molecule has 0 N–H and O–H groups in total. The Morgan fingerprint density at radius 1 is 0.500 bits per heavy atom. The summed E-state index contributed by atoms with van der Waals surface area (Å²) < 4.78 is 4.82. The Bertz CT molecular complexity index is 3190. The minimum absolute atomic E-state index is 0.0914. The fourth-order valence-electron chi connectivity index (χ4n) is 10.2. The van der Waals surface area contributed by atoms with Gasteiger partial charge in [0.2, 0.25) is 0 Å². The van der Waals surface area contributed by atoms with Gasteiger partial charge in [0.25, 0.3) is 0 Å². The average Bonchev–Trinajstić information content (AvgIpc) is 3.81. The van der Waals surface area contributed by atoms with Crippen molar-refractivity contribution >= 4 is 67.2 Å². The van der Waals surface area contributed by atoms with Gasteiger partial charge in [0.05, 0.1) is 22.6 Å². The molecule has 0 amide bonds.